The van der Waals surface area contributed by atoms with Gasteiger partial charge in [-0.05, 0) is 38.1 Å². The van der Waals surface area contributed by atoms with Crippen molar-refractivity contribution in [2.45, 2.75) is 25.0 Å². The van der Waals surface area contributed by atoms with Crippen LogP contribution in [0.2, 0.25) is 5.02 Å². The summed E-state index contributed by atoms with van der Waals surface area (Å²) in [6, 6.07) is 13.6. The van der Waals surface area contributed by atoms with Crippen LogP contribution < -0.4 is 10.1 Å². The van der Waals surface area contributed by atoms with Crippen LogP contribution in [0.3, 0.4) is 0 Å². The Morgan fingerprint density at radius 3 is 2.54 bits per heavy atom. The summed E-state index contributed by atoms with van der Waals surface area (Å²) in [5.74, 6) is -0.259. The molecule has 1 N–H and O–H groups in total. The lowest BCUT2D eigenvalue weighted by Crippen LogP contribution is -2.46. The second-order valence-electron chi connectivity index (χ2n) is 6.37. The molecule has 2 aromatic carbocycles. The monoisotopic (exact) mass is 376 g/mol. The smallest absolute Gasteiger partial charge is 0.268 e. The zero-order valence-corrected chi connectivity index (χ0v) is 15.4. The van der Waals surface area contributed by atoms with Crippen molar-refractivity contribution in [3.63, 3.8) is 0 Å². The van der Waals surface area contributed by atoms with Crippen LogP contribution in [0.5, 0.6) is 5.75 Å². The minimum absolute atomic E-state index is 0.105. The molecule has 1 amide bonds. The average molecular weight is 377 g/mol. The first-order chi connectivity index (χ1) is 12.6. The first-order valence-corrected chi connectivity index (χ1v) is 9.09. The van der Waals surface area contributed by atoms with Gasteiger partial charge < -0.3 is 15.0 Å². The van der Waals surface area contributed by atoms with Gasteiger partial charge in [0.05, 0.1) is 5.02 Å². The Morgan fingerprint density at radius 1 is 1.23 bits per heavy atom. The van der Waals surface area contributed by atoms with E-state index in [1.165, 1.54) is 18.2 Å². The van der Waals surface area contributed by atoms with Crippen molar-refractivity contribution in [1.82, 2.24) is 10.2 Å². The predicted octanol–water partition coefficient (Wildman–Crippen LogP) is 3.81. The highest BCUT2D eigenvalue weighted by molar-refractivity contribution is 6.32. The van der Waals surface area contributed by atoms with E-state index >= 15 is 0 Å². The Morgan fingerprint density at radius 2 is 1.92 bits per heavy atom. The van der Waals surface area contributed by atoms with Gasteiger partial charge in [-0.2, -0.15) is 0 Å². The van der Waals surface area contributed by atoms with E-state index in [0.717, 1.165) is 18.4 Å². The van der Waals surface area contributed by atoms with Crippen molar-refractivity contribution < 1.29 is 13.9 Å². The van der Waals surface area contributed by atoms with Gasteiger partial charge in [-0.25, -0.2) is 4.39 Å². The van der Waals surface area contributed by atoms with Crippen LogP contribution >= 0.6 is 11.6 Å². The van der Waals surface area contributed by atoms with Crippen LogP contribution in [0.1, 0.15) is 24.5 Å². The lowest BCUT2D eigenvalue weighted by Gasteiger charge is -2.34. The maximum Gasteiger partial charge on any atom is 0.268 e. The molecule has 1 unspecified atom stereocenters. The third-order valence-corrected chi connectivity index (χ3v) is 4.98. The number of benzene rings is 2. The zero-order chi connectivity index (χ0) is 18.5. The number of ether oxygens (including phenoxy) is 1. The third-order valence-electron chi connectivity index (χ3n) is 4.68. The van der Waals surface area contributed by atoms with Gasteiger partial charge in [0.1, 0.15) is 11.6 Å². The topological polar surface area (TPSA) is 41.6 Å². The summed E-state index contributed by atoms with van der Waals surface area (Å²) < 4.78 is 19.3. The lowest BCUT2D eigenvalue weighted by molar-refractivity contribution is -0.140. The van der Waals surface area contributed by atoms with Crippen LogP contribution in [0.25, 0.3) is 0 Å². The maximum absolute atomic E-state index is 13.3. The molecule has 0 radical (unpaired) electrons. The molecule has 1 aliphatic heterocycles. The Hall–Kier alpha value is -2.11. The summed E-state index contributed by atoms with van der Waals surface area (Å²) in [7, 11) is 1.94. The number of halogens is 2. The highest BCUT2D eigenvalue weighted by Crippen LogP contribution is 2.31. The van der Waals surface area contributed by atoms with E-state index in [1.54, 1.807) is 0 Å². The van der Waals surface area contributed by atoms with Gasteiger partial charge in [0.25, 0.3) is 5.91 Å². The number of hydrogen-bond acceptors (Lipinski definition) is 3. The first-order valence-electron chi connectivity index (χ1n) is 8.71. The normalized spacial score (nSPS) is 16.3. The molecular weight excluding hydrogens is 355 g/mol. The number of carbonyl (C=O) groups excluding carboxylic acids is 1. The fourth-order valence-corrected chi connectivity index (χ4v) is 3.35. The first kappa shape index (κ1) is 18.7. The molecule has 0 saturated carbocycles. The summed E-state index contributed by atoms with van der Waals surface area (Å²) in [4.78, 5) is 15.0. The van der Waals surface area contributed by atoms with E-state index in [9.17, 15) is 9.18 Å². The van der Waals surface area contributed by atoms with Crippen molar-refractivity contribution in [3.05, 3.63) is 64.9 Å². The zero-order valence-electron chi connectivity index (χ0n) is 14.6. The van der Waals surface area contributed by atoms with Gasteiger partial charge in [0.2, 0.25) is 6.10 Å². The summed E-state index contributed by atoms with van der Waals surface area (Å²) >= 11 is 6.09. The van der Waals surface area contributed by atoms with Gasteiger partial charge in [-0.1, -0.05) is 41.9 Å². The minimum Gasteiger partial charge on any atom is -0.474 e. The molecule has 1 fully saturated rings. The van der Waals surface area contributed by atoms with E-state index in [4.69, 9.17) is 16.3 Å². The standard InChI is InChI=1S/C20H22ClFN2O2/c1-23-16-9-11-24(12-10-16)20(25)19(14-5-3-2-4-6-14)26-18-8-7-15(22)13-17(18)21/h2-8,13,16,19,23H,9-12H2,1H3. The molecule has 0 aliphatic carbocycles. The molecule has 3 rings (SSSR count). The van der Waals surface area contributed by atoms with Crippen LogP contribution in [0.4, 0.5) is 4.39 Å². The molecular formula is C20H22ClFN2O2. The summed E-state index contributed by atoms with van der Waals surface area (Å²) in [5.41, 5.74) is 0.744. The van der Waals surface area contributed by atoms with Crippen LogP contribution in [-0.2, 0) is 4.79 Å². The number of piperidine rings is 1. The van der Waals surface area contributed by atoms with Crippen molar-refractivity contribution in [2.75, 3.05) is 20.1 Å². The molecule has 2 aromatic rings. The summed E-state index contributed by atoms with van der Waals surface area (Å²) in [5, 5.41) is 3.40. The molecule has 26 heavy (non-hydrogen) atoms. The average Bonchev–Trinajstić information content (AvgIpc) is 2.68. The van der Waals surface area contributed by atoms with Crippen molar-refractivity contribution in [1.29, 1.82) is 0 Å². The minimum atomic E-state index is -0.815. The molecule has 0 aromatic heterocycles. The number of hydrogen-bond donors (Lipinski definition) is 1. The Kier molecular flexibility index (Phi) is 6.12. The van der Waals surface area contributed by atoms with Gasteiger partial charge in [-0.15, -0.1) is 0 Å². The summed E-state index contributed by atoms with van der Waals surface area (Å²) in [6.45, 7) is 1.35. The Bertz CT molecular complexity index is 749. The molecule has 4 nitrogen and oxygen atoms in total. The van der Waals surface area contributed by atoms with E-state index in [1.807, 2.05) is 42.3 Å². The van der Waals surface area contributed by atoms with E-state index in [2.05, 4.69) is 5.32 Å². The highest BCUT2D eigenvalue weighted by atomic mass is 35.5. The molecule has 1 saturated heterocycles. The molecule has 138 valence electrons. The number of nitrogens with one attached hydrogen (secondary N) is 1. The van der Waals surface area contributed by atoms with Crippen LogP contribution in [0, 0.1) is 5.82 Å². The second-order valence-corrected chi connectivity index (χ2v) is 6.78. The van der Waals surface area contributed by atoms with Gasteiger partial charge >= 0.3 is 0 Å². The number of amides is 1. The molecule has 6 heteroatoms. The van der Waals surface area contributed by atoms with E-state index in [0.29, 0.717) is 24.9 Å². The van der Waals surface area contributed by atoms with Crippen molar-refractivity contribution in [2.24, 2.45) is 0 Å². The number of likely N-dealkylation sites (tertiary alicyclic amines) is 1. The highest BCUT2D eigenvalue weighted by Gasteiger charge is 2.31. The van der Waals surface area contributed by atoms with E-state index in [-0.39, 0.29) is 10.9 Å². The van der Waals surface area contributed by atoms with E-state index < -0.39 is 11.9 Å². The largest absolute Gasteiger partial charge is 0.474 e. The fourth-order valence-electron chi connectivity index (χ4n) is 3.14. The molecule has 1 aliphatic rings. The van der Waals surface area contributed by atoms with Crippen molar-refractivity contribution >= 4 is 17.5 Å². The Labute approximate surface area is 157 Å². The molecule has 0 bridgehead atoms. The number of rotatable bonds is 5. The summed E-state index contributed by atoms with van der Waals surface area (Å²) in [6.07, 6.45) is 0.993. The number of nitrogens with zero attached hydrogens (tertiary/aromatic N) is 1. The number of carbonyl (C=O) groups is 1. The second kappa shape index (κ2) is 8.52. The third kappa shape index (κ3) is 4.34. The van der Waals surface area contributed by atoms with Crippen LogP contribution in [0.15, 0.2) is 48.5 Å². The predicted molar refractivity (Wildman–Crippen MR) is 99.9 cm³/mol. The molecule has 1 heterocycles. The lowest BCUT2D eigenvalue weighted by atomic mass is 10.0. The fraction of sp³-hybridized carbons (Fsp3) is 0.350. The quantitative estimate of drug-likeness (QED) is 0.862. The molecule has 1 atom stereocenters. The van der Waals surface area contributed by atoms with Gasteiger partial charge in [0, 0.05) is 24.7 Å². The molecule has 0 spiro atoms. The Balaban J connectivity index is 1.83. The van der Waals surface area contributed by atoms with Crippen molar-refractivity contribution in [3.8, 4) is 5.75 Å². The SMILES string of the molecule is CNC1CCN(C(=O)C(Oc2ccc(F)cc2Cl)c2ccccc2)CC1. The van der Waals surface area contributed by atoms with Gasteiger partial charge in [0.15, 0.2) is 0 Å². The van der Waals surface area contributed by atoms with Crippen LogP contribution in [-0.4, -0.2) is 37.0 Å². The van der Waals surface area contributed by atoms with Gasteiger partial charge in [-0.3, -0.25) is 4.79 Å². The maximum atomic E-state index is 13.3.